The summed E-state index contributed by atoms with van der Waals surface area (Å²) < 4.78 is 4.99. The second-order valence-corrected chi connectivity index (χ2v) is 4.92. The molecule has 7 nitrogen and oxygen atoms in total. The average Bonchev–Trinajstić information content (AvgIpc) is 2.38. The number of urea groups is 1. The molecule has 0 aromatic heterocycles. The molecule has 1 saturated heterocycles. The van der Waals surface area contributed by atoms with Crippen LogP contribution in [0, 0.1) is 0 Å². The number of rotatable bonds is 4. The highest BCUT2D eigenvalue weighted by molar-refractivity contribution is 5.98. The van der Waals surface area contributed by atoms with E-state index in [0.717, 1.165) is 0 Å². The third-order valence-corrected chi connectivity index (χ3v) is 2.50. The highest BCUT2D eigenvalue weighted by Crippen LogP contribution is 2.06. The summed E-state index contributed by atoms with van der Waals surface area (Å²) in [5.41, 5.74) is -0.527. The third-order valence-electron chi connectivity index (χ3n) is 2.50. The Morgan fingerprint density at radius 3 is 2.78 bits per heavy atom. The van der Waals surface area contributed by atoms with Crippen molar-refractivity contribution in [2.24, 2.45) is 0 Å². The van der Waals surface area contributed by atoms with Crippen molar-refractivity contribution in [2.75, 3.05) is 13.7 Å². The van der Waals surface area contributed by atoms with Crippen molar-refractivity contribution in [1.29, 1.82) is 0 Å². The molecule has 1 fully saturated rings. The number of amides is 4. The Balaban J connectivity index is 2.60. The van der Waals surface area contributed by atoms with Crippen LogP contribution in [0.15, 0.2) is 0 Å². The van der Waals surface area contributed by atoms with Crippen LogP contribution in [-0.2, 0) is 14.3 Å². The summed E-state index contributed by atoms with van der Waals surface area (Å²) >= 11 is 0. The van der Waals surface area contributed by atoms with E-state index in [4.69, 9.17) is 4.74 Å². The van der Waals surface area contributed by atoms with Gasteiger partial charge in [0.15, 0.2) is 0 Å². The Bertz CT molecular complexity index is 354. The van der Waals surface area contributed by atoms with Gasteiger partial charge in [-0.3, -0.25) is 14.9 Å². The summed E-state index contributed by atoms with van der Waals surface area (Å²) in [7, 11) is 1.55. The predicted octanol–water partition coefficient (Wildman–Crippen LogP) is -0.484. The van der Waals surface area contributed by atoms with Crippen molar-refractivity contribution in [3.05, 3.63) is 0 Å². The smallest absolute Gasteiger partial charge is 0.322 e. The summed E-state index contributed by atoms with van der Waals surface area (Å²) in [6.45, 7) is 3.99. The van der Waals surface area contributed by atoms with E-state index in [1.54, 1.807) is 7.11 Å². The van der Waals surface area contributed by atoms with Gasteiger partial charge in [-0.1, -0.05) is 0 Å². The molecule has 1 rings (SSSR count). The molecule has 0 aromatic carbocycles. The maximum atomic E-state index is 12.0. The topological polar surface area (TPSA) is 96.5 Å². The maximum Gasteiger partial charge on any atom is 0.322 e. The van der Waals surface area contributed by atoms with Gasteiger partial charge < -0.3 is 15.4 Å². The normalized spacial score (nSPS) is 20.7. The molecule has 1 heterocycles. The second-order valence-electron chi connectivity index (χ2n) is 4.92. The number of ether oxygens (including phenoxy) is 1. The Hall–Kier alpha value is -1.63. The van der Waals surface area contributed by atoms with Gasteiger partial charge >= 0.3 is 6.03 Å². The zero-order valence-electron chi connectivity index (χ0n) is 10.8. The molecule has 0 spiro atoms. The van der Waals surface area contributed by atoms with E-state index in [1.807, 2.05) is 13.8 Å². The van der Waals surface area contributed by atoms with Crippen molar-refractivity contribution in [3.8, 4) is 0 Å². The lowest BCUT2D eigenvalue weighted by Gasteiger charge is -2.27. The highest BCUT2D eigenvalue weighted by atomic mass is 16.5. The minimum absolute atomic E-state index is 0.140. The predicted molar refractivity (Wildman–Crippen MR) is 63.8 cm³/mol. The van der Waals surface area contributed by atoms with Crippen LogP contribution < -0.4 is 16.0 Å². The van der Waals surface area contributed by atoms with Gasteiger partial charge in [0, 0.05) is 13.5 Å². The number of carbonyl (C=O) groups excluding carboxylic acids is 3. The fraction of sp³-hybridized carbons (Fsp3) is 0.727. The lowest BCUT2D eigenvalue weighted by Crippen LogP contribution is -2.55. The summed E-state index contributed by atoms with van der Waals surface area (Å²) in [5.74, 6) is -0.694. The standard InChI is InChI=1S/C11H19N3O4/c1-11(2,6-18-3)14-9(16)7-4-5-8(15)13-10(17)12-7/h7H,4-6H2,1-3H3,(H,14,16)(H2,12,13,15,17)/t7-/m0/s1. The van der Waals surface area contributed by atoms with Gasteiger partial charge in [-0.25, -0.2) is 4.79 Å². The molecule has 18 heavy (non-hydrogen) atoms. The molecule has 0 aliphatic carbocycles. The first-order valence-electron chi connectivity index (χ1n) is 5.75. The zero-order chi connectivity index (χ0) is 13.8. The molecular formula is C11H19N3O4. The lowest BCUT2D eigenvalue weighted by molar-refractivity contribution is -0.125. The van der Waals surface area contributed by atoms with Gasteiger partial charge in [0.25, 0.3) is 0 Å². The Morgan fingerprint density at radius 1 is 1.50 bits per heavy atom. The molecule has 4 amide bonds. The fourth-order valence-electron chi connectivity index (χ4n) is 1.75. The molecule has 0 bridgehead atoms. The largest absolute Gasteiger partial charge is 0.382 e. The average molecular weight is 257 g/mol. The number of carbonyl (C=O) groups is 3. The number of hydrogen-bond acceptors (Lipinski definition) is 4. The first-order chi connectivity index (χ1) is 8.34. The van der Waals surface area contributed by atoms with Crippen LogP contribution in [0.4, 0.5) is 4.79 Å². The van der Waals surface area contributed by atoms with Crippen LogP contribution in [0.2, 0.25) is 0 Å². The van der Waals surface area contributed by atoms with Crippen LogP contribution in [0.3, 0.4) is 0 Å². The van der Waals surface area contributed by atoms with Gasteiger partial charge in [0.1, 0.15) is 6.04 Å². The SMILES string of the molecule is COCC(C)(C)NC(=O)[C@@H]1CCC(=O)NC(=O)N1. The number of hydrogen-bond donors (Lipinski definition) is 3. The number of methoxy groups -OCH3 is 1. The maximum absolute atomic E-state index is 12.0. The minimum atomic E-state index is -0.701. The van der Waals surface area contributed by atoms with E-state index in [-0.39, 0.29) is 24.7 Å². The van der Waals surface area contributed by atoms with Crippen molar-refractivity contribution < 1.29 is 19.1 Å². The Morgan fingerprint density at radius 2 is 2.17 bits per heavy atom. The quantitative estimate of drug-likeness (QED) is 0.633. The number of imide groups is 1. The van der Waals surface area contributed by atoms with Crippen LogP contribution >= 0.6 is 0 Å². The van der Waals surface area contributed by atoms with Gasteiger partial charge in [-0.2, -0.15) is 0 Å². The molecule has 3 N–H and O–H groups in total. The number of nitrogens with one attached hydrogen (secondary N) is 3. The van der Waals surface area contributed by atoms with E-state index < -0.39 is 17.6 Å². The van der Waals surface area contributed by atoms with Gasteiger partial charge in [0.2, 0.25) is 11.8 Å². The van der Waals surface area contributed by atoms with E-state index in [9.17, 15) is 14.4 Å². The molecule has 1 aliphatic rings. The second kappa shape index (κ2) is 5.81. The molecule has 1 atom stereocenters. The highest BCUT2D eigenvalue weighted by Gasteiger charge is 2.29. The van der Waals surface area contributed by atoms with Crippen molar-refractivity contribution in [3.63, 3.8) is 0 Å². The molecule has 102 valence electrons. The summed E-state index contributed by atoms with van der Waals surface area (Å²) in [6, 6.07) is -1.34. The molecular weight excluding hydrogens is 238 g/mol. The molecule has 0 radical (unpaired) electrons. The van der Waals surface area contributed by atoms with Gasteiger partial charge in [0.05, 0.1) is 12.1 Å². The van der Waals surface area contributed by atoms with Crippen molar-refractivity contribution in [2.45, 2.75) is 38.3 Å². The molecule has 1 aliphatic heterocycles. The molecule has 0 saturated carbocycles. The third kappa shape index (κ3) is 4.33. The minimum Gasteiger partial charge on any atom is -0.382 e. The zero-order valence-corrected chi connectivity index (χ0v) is 10.8. The Kier molecular flexibility index (Phi) is 4.66. The van der Waals surface area contributed by atoms with E-state index >= 15 is 0 Å². The summed E-state index contributed by atoms with van der Waals surface area (Å²) in [6.07, 6.45) is 0.425. The fourth-order valence-corrected chi connectivity index (χ4v) is 1.75. The van der Waals surface area contributed by atoms with E-state index in [2.05, 4.69) is 16.0 Å². The monoisotopic (exact) mass is 257 g/mol. The molecule has 0 unspecified atom stereocenters. The van der Waals surface area contributed by atoms with Crippen LogP contribution in [-0.4, -0.2) is 43.1 Å². The van der Waals surface area contributed by atoms with Crippen molar-refractivity contribution >= 4 is 17.8 Å². The van der Waals surface area contributed by atoms with Gasteiger partial charge in [-0.15, -0.1) is 0 Å². The Labute approximate surface area is 106 Å². The van der Waals surface area contributed by atoms with Crippen LogP contribution in [0.25, 0.3) is 0 Å². The lowest BCUT2D eigenvalue weighted by atomic mass is 10.0. The van der Waals surface area contributed by atoms with Gasteiger partial charge in [-0.05, 0) is 20.3 Å². The summed E-state index contributed by atoms with van der Waals surface area (Å²) in [5, 5.41) is 7.34. The first-order valence-corrected chi connectivity index (χ1v) is 5.75. The van der Waals surface area contributed by atoms with Crippen LogP contribution in [0.1, 0.15) is 26.7 Å². The molecule has 7 heteroatoms. The molecule has 0 aromatic rings. The first kappa shape index (κ1) is 14.4. The van der Waals surface area contributed by atoms with Crippen molar-refractivity contribution in [1.82, 2.24) is 16.0 Å². The van der Waals surface area contributed by atoms with E-state index in [0.29, 0.717) is 6.61 Å². The van der Waals surface area contributed by atoms with Crippen LogP contribution in [0.5, 0.6) is 0 Å². The summed E-state index contributed by atoms with van der Waals surface area (Å²) in [4.78, 5) is 34.4. The van der Waals surface area contributed by atoms with E-state index in [1.165, 1.54) is 0 Å².